The highest BCUT2D eigenvalue weighted by atomic mass is 32.2. The van der Waals surface area contributed by atoms with Gasteiger partial charge in [-0.2, -0.15) is 0 Å². The van der Waals surface area contributed by atoms with Gasteiger partial charge >= 0.3 is 0 Å². The van der Waals surface area contributed by atoms with Gasteiger partial charge in [-0.15, -0.1) is 0 Å². The lowest BCUT2D eigenvalue weighted by Crippen LogP contribution is -2.19. The number of rotatable bonds is 4. The zero-order valence-corrected chi connectivity index (χ0v) is 14.4. The molecule has 0 saturated heterocycles. The van der Waals surface area contributed by atoms with Crippen molar-refractivity contribution in [1.29, 1.82) is 0 Å². The fourth-order valence-electron chi connectivity index (χ4n) is 2.08. The SMILES string of the molecule is CCC(=O)[O-].c1ccc([S+](c2ccccc2)c2ccccc2)cc1. The molecule has 3 aromatic rings. The number of carboxylic acid groups (broad SMARTS) is 1. The smallest absolute Gasteiger partial charge is 0.166 e. The van der Waals surface area contributed by atoms with Gasteiger partial charge in [-0.25, -0.2) is 0 Å². The first-order valence-electron chi connectivity index (χ1n) is 7.81. The summed E-state index contributed by atoms with van der Waals surface area (Å²) in [6.07, 6.45) is 0.111. The van der Waals surface area contributed by atoms with Gasteiger partial charge in [0.15, 0.2) is 14.7 Å². The van der Waals surface area contributed by atoms with E-state index >= 15 is 0 Å². The molecule has 3 aromatic carbocycles. The first kappa shape index (κ1) is 17.8. The number of aliphatic carboxylic acids is 1. The van der Waals surface area contributed by atoms with Gasteiger partial charge in [0.25, 0.3) is 0 Å². The first-order chi connectivity index (χ1) is 11.7. The minimum Gasteiger partial charge on any atom is -0.550 e. The number of carbonyl (C=O) groups excluding carboxylic acids is 1. The van der Waals surface area contributed by atoms with Gasteiger partial charge in [0.05, 0.1) is 10.9 Å². The standard InChI is InChI=1S/C18H15S.C3H6O2/c1-4-10-16(11-5-1)19(17-12-6-2-7-13-17)18-14-8-3-9-15-18;1-2-3(4)5/h1-15H;2H2,1H3,(H,4,5)/q+1;/p-1. The Labute approximate surface area is 146 Å². The van der Waals surface area contributed by atoms with Crippen LogP contribution in [0.15, 0.2) is 106 Å². The van der Waals surface area contributed by atoms with E-state index in [0.29, 0.717) is 0 Å². The van der Waals surface area contributed by atoms with Crippen LogP contribution in [0.5, 0.6) is 0 Å². The van der Waals surface area contributed by atoms with Gasteiger partial charge in [0.1, 0.15) is 0 Å². The molecule has 0 atom stereocenters. The number of hydrogen-bond acceptors (Lipinski definition) is 2. The van der Waals surface area contributed by atoms with E-state index in [1.807, 2.05) is 0 Å². The Morgan fingerprint density at radius 2 is 0.958 bits per heavy atom. The zero-order valence-electron chi connectivity index (χ0n) is 13.6. The van der Waals surface area contributed by atoms with Crippen LogP contribution in [-0.4, -0.2) is 5.97 Å². The number of carbonyl (C=O) groups is 1. The summed E-state index contributed by atoms with van der Waals surface area (Å²) in [5.41, 5.74) is 0. The normalized spacial score (nSPS) is 9.92. The number of carboxylic acids is 1. The minimum absolute atomic E-state index is 0.0146. The molecular formula is C21H20O2S. The maximum absolute atomic E-state index is 9.26. The van der Waals surface area contributed by atoms with Crippen molar-refractivity contribution in [2.24, 2.45) is 0 Å². The van der Waals surface area contributed by atoms with Crippen LogP contribution in [0.2, 0.25) is 0 Å². The summed E-state index contributed by atoms with van der Waals surface area (Å²) in [7, 11) is -0.0146. The summed E-state index contributed by atoms with van der Waals surface area (Å²) >= 11 is 0. The van der Waals surface area contributed by atoms with E-state index in [-0.39, 0.29) is 17.3 Å². The van der Waals surface area contributed by atoms with Crippen LogP contribution in [0.1, 0.15) is 13.3 Å². The molecule has 3 rings (SSSR count). The maximum atomic E-state index is 9.26. The fraction of sp³-hybridized carbons (Fsp3) is 0.0952. The van der Waals surface area contributed by atoms with Gasteiger partial charge in [-0.05, 0) is 42.8 Å². The molecule has 0 amide bonds. The third-order valence-corrected chi connectivity index (χ3v) is 5.46. The highest BCUT2D eigenvalue weighted by Gasteiger charge is 2.27. The average Bonchev–Trinajstić information content (AvgIpc) is 2.65. The van der Waals surface area contributed by atoms with Crippen LogP contribution in [-0.2, 0) is 15.7 Å². The van der Waals surface area contributed by atoms with Crippen LogP contribution in [0.3, 0.4) is 0 Å². The zero-order chi connectivity index (χ0) is 17.2. The van der Waals surface area contributed by atoms with Gasteiger partial charge in [0, 0.05) is 5.97 Å². The molecule has 0 aromatic heterocycles. The molecular weight excluding hydrogens is 316 g/mol. The lowest BCUT2D eigenvalue weighted by Gasteiger charge is -2.07. The van der Waals surface area contributed by atoms with Crippen molar-refractivity contribution in [1.82, 2.24) is 0 Å². The Kier molecular flexibility index (Phi) is 7.12. The Bertz CT molecular complexity index is 634. The van der Waals surface area contributed by atoms with Crippen molar-refractivity contribution in [2.45, 2.75) is 28.0 Å². The molecule has 0 aliphatic carbocycles. The molecule has 0 fully saturated rings. The number of hydrogen-bond donors (Lipinski definition) is 0. The van der Waals surface area contributed by atoms with Crippen molar-refractivity contribution in [3.05, 3.63) is 91.0 Å². The van der Waals surface area contributed by atoms with Crippen LogP contribution >= 0.6 is 0 Å². The molecule has 0 heterocycles. The van der Waals surface area contributed by atoms with E-state index in [1.54, 1.807) is 0 Å². The second-order valence-corrected chi connectivity index (χ2v) is 7.00. The summed E-state index contributed by atoms with van der Waals surface area (Å²) in [5, 5.41) is 9.26. The molecule has 0 saturated carbocycles. The molecule has 3 heteroatoms. The van der Waals surface area contributed by atoms with Crippen molar-refractivity contribution in [3.8, 4) is 0 Å². The van der Waals surface area contributed by atoms with Crippen molar-refractivity contribution in [2.75, 3.05) is 0 Å². The predicted molar refractivity (Wildman–Crippen MR) is 96.8 cm³/mol. The Morgan fingerprint density at radius 1 is 0.708 bits per heavy atom. The Hall–Kier alpha value is -2.52. The summed E-state index contributed by atoms with van der Waals surface area (Å²) < 4.78 is 0. The Morgan fingerprint density at radius 3 is 1.17 bits per heavy atom. The second kappa shape index (κ2) is 9.58. The van der Waals surface area contributed by atoms with E-state index in [9.17, 15) is 9.90 Å². The lowest BCUT2D eigenvalue weighted by atomic mass is 10.4. The molecule has 0 bridgehead atoms. The van der Waals surface area contributed by atoms with E-state index in [1.165, 1.54) is 21.6 Å². The van der Waals surface area contributed by atoms with Gasteiger partial charge in [-0.3, -0.25) is 0 Å². The first-order valence-corrected chi connectivity index (χ1v) is 9.04. The molecule has 0 spiro atoms. The lowest BCUT2D eigenvalue weighted by molar-refractivity contribution is -0.305. The monoisotopic (exact) mass is 336 g/mol. The van der Waals surface area contributed by atoms with Gasteiger partial charge in [-0.1, -0.05) is 61.5 Å². The topological polar surface area (TPSA) is 40.1 Å². The average molecular weight is 336 g/mol. The highest BCUT2D eigenvalue weighted by molar-refractivity contribution is 7.97. The van der Waals surface area contributed by atoms with Crippen LogP contribution < -0.4 is 5.11 Å². The third kappa shape index (κ3) is 5.28. The van der Waals surface area contributed by atoms with Crippen LogP contribution in [0.4, 0.5) is 0 Å². The fourth-order valence-corrected chi connectivity index (χ4v) is 4.18. The molecule has 0 unspecified atom stereocenters. The largest absolute Gasteiger partial charge is 0.550 e. The van der Waals surface area contributed by atoms with Crippen molar-refractivity contribution >= 4 is 16.9 Å². The van der Waals surface area contributed by atoms with E-state index < -0.39 is 5.97 Å². The van der Waals surface area contributed by atoms with E-state index in [2.05, 4.69) is 91.0 Å². The van der Waals surface area contributed by atoms with Gasteiger partial charge < -0.3 is 9.90 Å². The van der Waals surface area contributed by atoms with Crippen LogP contribution in [0, 0.1) is 0 Å². The summed E-state index contributed by atoms with van der Waals surface area (Å²) in [4.78, 5) is 13.3. The van der Waals surface area contributed by atoms with Crippen LogP contribution in [0.25, 0.3) is 0 Å². The maximum Gasteiger partial charge on any atom is 0.166 e. The van der Waals surface area contributed by atoms with Crippen molar-refractivity contribution < 1.29 is 9.90 Å². The minimum atomic E-state index is -0.995. The molecule has 122 valence electrons. The highest BCUT2D eigenvalue weighted by Crippen LogP contribution is 2.30. The second-order valence-electron chi connectivity index (χ2n) is 4.97. The Balaban J connectivity index is 0.000000368. The molecule has 2 nitrogen and oxygen atoms in total. The summed E-state index contributed by atoms with van der Waals surface area (Å²) in [6.45, 7) is 1.54. The molecule has 24 heavy (non-hydrogen) atoms. The van der Waals surface area contributed by atoms with Gasteiger partial charge in [0.2, 0.25) is 0 Å². The summed E-state index contributed by atoms with van der Waals surface area (Å²) in [6, 6.07) is 32.2. The third-order valence-electron chi connectivity index (χ3n) is 3.23. The quantitative estimate of drug-likeness (QED) is 0.677. The molecule has 0 N–H and O–H groups in total. The van der Waals surface area contributed by atoms with E-state index in [0.717, 1.165) is 0 Å². The molecule has 0 aliphatic rings. The summed E-state index contributed by atoms with van der Waals surface area (Å²) in [5.74, 6) is -0.995. The number of benzene rings is 3. The van der Waals surface area contributed by atoms with Crippen molar-refractivity contribution in [3.63, 3.8) is 0 Å². The molecule has 0 aliphatic heterocycles. The predicted octanol–water partition coefficient (Wildman–Crippen LogP) is 3.93. The van der Waals surface area contributed by atoms with E-state index in [4.69, 9.17) is 0 Å². The molecule has 0 radical (unpaired) electrons.